The molecule has 0 saturated carbocycles. The van der Waals surface area contributed by atoms with Gasteiger partial charge < -0.3 is 5.32 Å². The molecule has 1 amide bonds. The van der Waals surface area contributed by atoms with Crippen molar-refractivity contribution in [3.63, 3.8) is 0 Å². The molecule has 1 atom stereocenters. The van der Waals surface area contributed by atoms with Crippen LogP contribution in [0.25, 0.3) is 0 Å². The van der Waals surface area contributed by atoms with Crippen LogP contribution in [0.5, 0.6) is 0 Å². The molecule has 0 bridgehead atoms. The summed E-state index contributed by atoms with van der Waals surface area (Å²) in [4.78, 5) is 20.8. The second-order valence-corrected chi connectivity index (χ2v) is 3.37. The van der Waals surface area contributed by atoms with E-state index in [0.717, 1.165) is 0 Å². The average Bonchev–Trinajstić information content (AvgIpc) is 2.30. The molecule has 1 rings (SSSR count). The van der Waals surface area contributed by atoms with Crippen molar-refractivity contribution in [2.45, 2.75) is 13.0 Å². The monoisotopic (exact) mass is 255 g/mol. The van der Waals surface area contributed by atoms with Gasteiger partial charge in [0.25, 0.3) is 5.91 Å². The summed E-state index contributed by atoms with van der Waals surface area (Å²) in [6, 6.07) is 1.63. The Morgan fingerprint density at radius 2 is 2.17 bits per heavy atom. The first-order valence-electron chi connectivity index (χ1n) is 4.70. The summed E-state index contributed by atoms with van der Waals surface area (Å²) < 4.78 is 26.6. The Bertz CT molecular complexity index is 554. The van der Waals surface area contributed by atoms with E-state index < -0.39 is 39.8 Å². The van der Waals surface area contributed by atoms with E-state index in [1.165, 1.54) is 6.92 Å². The van der Waals surface area contributed by atoms with Crippen LogP contribution in [0.4, 0.5) is 14.5 Å². The first-order chi connectivity index (χ1) is 8.36. The summed E-state index contributed by atoms with van der Waals surface area (Å²) >= 11 is 0. The van der Waals surface area contributed by atoms with E-state index in [-0.39, 0.29) is 0 Å². The Hall–Kier alpha value is -2.56. The quantitative estimate of drug-likeness (QED) is 0.654. The Balaban J connectivity index is 3.21. The topological polar surface area (TPSA) is 96.0 Å². The van der Waals surface area contributed by atoms with Gasteiger partial charge >= 0.3 is 5.69 Å². The molecule has 18 heavy (non-hydrogen) atoms. The van der Waals surface area contributed by atoms with Gasteiger partial charge in [0.15, 0.2) is 0 Å². The Morgan fingerprint density at radius 3 is 2.67 bits per heavy atom. The molecule has 0 radical (unpaired) electrons. The number of hydrogen-bond donors (Lipinski definition) is 1. The van der Waals surface area contributed by atoms with Crippen molar-refractivity contribution in [2.24, 2.45) is 0 Å². The zero-order chi connectivity index (χ0) is 13.9. The predicted octanol–water partition coefficient (Wildman–Crippen LogP) is 1.51. The minimum Gasteiger partial charge on any atom is -0.336 e. The number of hydrogen-bond acceptors (Lipinski definition) is 4. The number of nitro groups is 1. The van der Waals surface area contributed by atoms with Crippen LogP contribution >= 0.6 is 0 Å². The number of carbonyl (C=O) groups excluding carboxylic acids is 1. The molecule has 8 heteroatoms. The minimum atomic E-state index is -1.44. The Morgan fingerprint density at radius 1 is 1.56 bits per heavy atom. The number of halogens is 2. The maximum absolute atomic E-state index is 13.6. The van der Waals surface area contributed by atoms with Crippen LogP contribution in [0.15, 0.2) is 12.1 Å². The van der Waals surface area contributed by atoms with Crippen molar-refractivity contribution < 1.29 is 18.5 Å². The van der Waals surface area contributed by atoms with Gasteiger partial charge in [-0.25, -0.2) is 4.39 Å². The molecule has 0 heterocycles. The molecule has 94 valence electrons. The number of nitrogens with one attached hydrogen (secondary N) is 1. The third-order valence-corrected chi connectivity index (χ3v) is 2.00. The van der Waals surface area contributed by atoms with Crippen LogP contribution < -0.4 is 5.32 Å². The van der Waals surface area contributed by atoms with Gasteiger partial charge in [-0.2, -0.15) is 9.65 Å². The van der Waals surface area contributed by atoms with Crippen molar-refractivity contribution in [1.29, 1.82) is 5.26 Å². The van der Waals surface area contributed by atoms with Crippen molar-refractivity contribution in [3.8, 4) is 6.07 Å². The SMILES string of the molecule is CC(C#N)NC(=O)c1cc(F)cc([N+](=O)[O-])c1F. The zero-order valence-corrected chi connectivity index (χ0v) is 9.11. The standard InChI is InChI=1S/C10H7F2N3O3/c1-5(4-13)14-10(16)7-2-6(11)3-8(9(7)12)15(17)18/h2-3,5H,1H3,(H,14,16). The normalized spacial score (nSPS) is 11.4. The zero-order valence-electron chi connectivity index (χ0n) is 9.11. The predicted molar refractivity (Wildman–Crippen MR) is 55.6 cm³/mol. The summed E-state index contributed by atoms with van der Waals surface area (Å²) in [5.74, 6) is -3.65. The fourth-order valence-electron chi connectivity index (χ4n) is 1.18. The number of nitriles is 1. The van der Waals surface area contributed by atoms with Crippen molar-refractivity contribution in [2.75, 3.05) is 0 Å². The lowest BCUT2D eigenvalue weighted by Crippen LogP contribution is -2.32. The molecule has 0 spiro atoms. The highest BCUT2D eigenvalue weighted by atomic mass is 19.1. The lowest BCUT2D eigenvalue weighted by molar-refractivity contribution is -0.387. The second-order valence-electron chi connectivity index (χ2n) is 3.37. The highest BCUT2D eigenvalue weighted by Gasteiger charge is 2.24. The van der Waals surface area contributed by atoms with Crippen molar-refractivity contribution in [3.05, 3.63) is 39.4 Å². The third kappa shape index (κ3) is 2.76. The van der Waals surface area contributed by atoms with E-state index in [0.29, 0.717) is 12.1 Å². The third-order valence-electron chi connectivity index (χ3n) is 2.00. The summed E-state index contributed by atoms with van der Waals surface area (Å²) in [6.45, 7) is 1.32. The summed E-state index contributed by atoms with van der Waals surface area (Å²) in [5, 5.41) is 20.9. The van der Waals surface area contributed by atoms with Crippen molar-refractivity contribution >= 4 is 11.6 Å². The van der Waals surface area contributed by atoms with E-state index >= 15 is 0 Å². The molecule has 1 N–H and O–H groups in total. The summed E-state index contributed by atoms with van der Waals surface area (Å²) in [5.41, 5.74) is -1.95. The minimum absolute atomic E-state index is 0.375. The first-order valence-corrected chi connectivity index (χ1v) is 4.70. The number of nitrogens with zero attached hydrogens (tertiary/aromatic N) is 2. The largest absolute Gasteiger partial charge is 0.336 e. The molecule has 1 aromatic rings. The Labute approximate surface area is 100.0 Å². The molecule has 0 aliphatic carbocycles. The van der Waals surface area contributed by atoms with Crippen LogP contribution in [-0.4, -0.2) is 16.9 Å². The maximum atomic E-state index is 13.6. The fourth-order valence-corrected chi connectivity index (χ4v) is 1.18. The first kappa shape index (κ1) is 13.5. The van der Waals surface area contributed by atoms with Crippen LogP contribution in [0.2, 0.25) is 0 Å². The van der Waals surface area contributed by atoms with Crippen LogP contribution in [0.3, 0.4) is 0 Å². The number of rotatable bonds is 3. The van der Waals surface area contributed by atoms with E-state index in [1.807, 2.05) is 0 Å². The average molecular weight is 255 g/mol. The molecule has 0 aliphatic rings. The van der Waals surface area contributed by atoms with Gasteiger partial charge in [-0.15, -0.1) is 0 Å². The number of amides is 1. The lowest BCUT2D eigenvalue weighted by Gasteiger charge is -2.07. The van der Waals surface area contributed by atoms with Crippen LogP contribution in [0, 0.1) is 33.1 Å². The van der Waals surface area contributed by atoms with Gasteiger partial charge in [-0.3, -0.25) is 14.9 Å². The molecule has 0 aliphatic heterocycles. The van der Waals surface area contributed by atoms with Gasteiger partial charge in [-0.05, 0) is 13.0 Å². The van der Waals surface area contributed by atoms with E-state index in [1.54, 1.807) is 6.07 Å². The fraction of sp³-hybridized carbons (Fsp3) is 0.200. The molecule has 0 fully saturated rings. The van der Waals surface area contributed by atoms with Crippen LogP contribution in [-0.2, 0) is 0 Å². The Kier molecular flexibility index (Phi) is 3.89. The number of nitro benzene ring substituents is 1. The summed E-state index contributed by atoms with van der Waals surface area (Å²) in [6.07, 6.45) is 0. The van der Waals surface area contributed by atoms with Gasteiger partial charge in [-0.1, -0.05) is 0 Å². The number of benzene rings is 1. The highest BCUT2D eigenvalue weighted by molar-refractivity contribution is 5.95. The van der Waals surface area contributed by atoms with E-state index in [9.17, 15) is 23.7 Å². The molecule has 0 aromatic heterocycles. The highest BCUT2D eigenvalue weighted by Crippen LogP contribution is 2.22. The van der Waals surface area contributed by atoms with Crippen LogP contribution in [0.1, 0.15) is 17.3 Å². The lowest BCUT2D eigenvalue weighted by atomic mass is 10.1. The van der Waals surface area contributed by atoms with Crippen molar-refractivity contribution in [1.82, 2.24) is 5.32 Å². The van der Waals surface area contributed by atoms with E-state index in [4.69, 9.17) is 5.26 Å². The molecular formula is C10H7F2N3O3. The molecule has 0 saturated heterocycles. The summed E-state index contributed by atoms with van der Waals surface area (Å²) in [7, 11) is 0. The van der Waals surface area contributed by atoms with Gasteiger partial charge in [0.2, 0.25) is 5.82 Å². The van der Waals surface area contributed by atoms with Gasteiger partial charge in [0, 0.05) is 0 Å². The molecule has 6 nitrogen and oxygen atoms in total. The second kappa shape index (κ2) is 5.18. The number of carbonyl (C=O) groups is 1. The molecular weight excluding hydrogens is 248 g/mol. The molecule has 1 aromatic carbocycles. The van der Waals surface area contributed by atoms with Gasteiger partial charge in [0.1, 0.15) is 11.9 Å². The van der Waals surface area contributed by atoms with E-state index in [2.05, 4.69) is 5.32 Å². The maximum Gasteiger partial charge on any atom is 0.308 e. The molecule has 1 unspecified atom stereocenters. The smallest absolute Gasteiger partial charge is 0.308 e. The van der Waals surface area contributed by atoms with Gasteiger partial charge in [0.05, 0.1) is 22.6 Å².